The normalized spacial score (nSPS) is 18.6. The lowest BCUT2D eigenvalue weighted by Gasteiger charge is -2.36. The summed E-state index contributed by atoms with van der Waals surface area (Å²) in [5.41, 5.74) is 2.26. The van der Waals surface area contributed by atoms with Crippen molar-refractivity contribution >= 4 is 28.1 Å². The fraction of sp³-hybridized carbons (Fsp3) is 0.296. The second-order valence-electron chi connectivity index (χ2n) is 9.50. The van der Waals surface area contributed by atoms with E-state index in [0.29, 0.717) is 35.0 Å². The van der Waals surface area contributed by atoms with Crippen LogP contribution in [0.3, 0.4) is 0 Å². The fourth-order valence-electron chi connectivity index (χ4n) is 4.63. The van der Waals surface area contributed by atoms with Crippen LogP contribution in [0.25, 0.3) is 16.6 Å². The van der Waals surface area contributed by atoms with E-state index in [2.05, 4.69) is 30.4 Å². The van der Waals surface area contributed by atoms with Crippen LogP contribution in [-0.4, -0.2) is 73.7 Å². The second kappa shape index (κ2) is 10.2. The van der Waals surface area contributed by atoms with Crippen LogP contribution in [0.15, 0.2) is 55.4 Å². The summed E-state index contributed by atoms with van der Waals surface area (Å²) in [6.45, 7) is 1.71. The van der Waals surface area contributed by atoms with Crippen LogP contribution in [0.1, 0.15) is 16.1 Å². The van der Waals surface area contributed by atoms with Gasteiger partial charge in [-0.05, 0) is 49.9 Å². The Balaban J connectivity index is 1.34. The number of ether oxygens (including phenoxy) is 3. The molecule has 3 aromatic heterocycles. The smallest absolute Gasteiger partial charge is 0.296 e. The third kappa shape index (κ3) is 4.91. The van der Waals surface area contributed by atoms with Gasteiger partial charge in [-0.15, -0.1) is 0 Å². The number of alkyl halides is 2. The molecule has 1 unspecified atom stereocenters. The minimum atomic E-state index is -3.20. The lowest BCUT2D eigenvalue weighted by molar-refractivity contribution is -0.135. The minimum Gasteiger partial charge on any atom is -0.493 e. The van der Waals surface area contributed by atoms with Crippen molar-refractivity contribution in [3.63, 3.8) is 0 Å². The summed E-state index contributed by atoms with van der Waals surface area (Å²) in [6, 6.07) is 9.78. The van der Waals surface area contributed by atoms with Gasteiger partial charge in [-0.3, -0.25) is 0 Å². The van der Waals surface area contributed by atoms with Gasteiger partial charge in [0, 0.05) is 24.7 Å². The minimum absolute atomic E-state index is 0.0170. The molecular formula is C27H26F2N8O3. The predicted octanol–water partition coefficient (Wildman–Crippen LogP) is 4.64. The maximum Gasteiger partial charge on any atom is 0.296 e. The van der Waals surface area contributed by atoms with E-state index in [0.717, 1.165) is 5.56 Å². The van der Waals surface area contributed by atoms with E-state index in [1.54, 1.807) is 31.3 Å². The summed E-state index contributed by atoms with van der Waals surface area (Å²) >= 11 is 0. The topological polar surface area (TPSA) is 112 Å². The highest BCUT2D eigenvalue weighted by atomic mass is 19.3. The van der Waals surface area contributed by atoms with E-state index in [-0.39, 0.29) is 29.1 Å². The fourth-order valence-corrected chi connectivity index (χ4v) is 4.63. The quantitative estimate of drug-likeness (QED) is 0.307. The van der Waals surface area contributed by atoms with Crippen molar-refractivity contribution in [2.45, 2.75) is 25.4 Å². The van der Waals surface area contributed by atoms with Crippen LogP contribution < -0.4 is 19.5 Å². The first-order valence-electron chi connectivity index (χ1n) is 13.9. The Hall–Kier alpha value is -4.65. The maximum atomic E-state index is 15.0. The van der Waals surface area contributed by atoms with Gasteiger partial charge in [0.05, 0.1) is 28.6 Å². The average Bonchev–Trinajstić information content (AvgIpc) is 3.40. The van der Waals surface area contributed by atoms with E-state index in [1.807, 2.05) is 6.92 Å². The molecule has 11 nitrogen and oxygen atoms in total. The molecule has 1 fully saturated rings. The van der Waals surface area contributed by atoms with E-state index in [4.69, 9.17) is 18.3 Å². The van der Waals surface area contributed by atoms with Crippen molar-refractivity contribution in [1.29, 1.82) is 0 Å². The van der Waals surface area contributed by atoms with Gasteiger partial charge in [0.15, 0.2) is 23.3 Å². The molecule has 1 aliphatic rings. The number of halogens is 2. The Morgan fingerprint density at radius 1 is 1.07 bits per heavy atom. The zero-order chi connectivity index (χ0) is 30.4. The predicted molar refractivity (Wildman–Crippen MR) is 143 cm³/mol. The molecule has 0 aliphatic carbocycles. The number of methoxy groups -OCH3 is 1. The Bertz CT molecular complexity index is 1800. The summed E-state index contributed by atoms with van der Waals surface area (Å²) in [7, 11) is -1.25. The number of benzene rings is 2. The molecule has 0 radical (unpaired) electrons. The van der Waals surface area contributed by atoms with Gasteiger partial charge < -0.3 is 24.4 Å². The number of anilines is 2. The van der Waals surface area contributed by atoms with Gasteiger partial charge >= 0.3 is 0 Å². The van der Waals surface area contributed by atoms with Gasteiger partial charge in [0.1, 0.15) is 30.5 Å². The molecular weight excluding hydrogens is 522 g/mol. The number of nitrogens with one attached hydrogen (secondary N) is 1. The van der Waals surface area contributed by atoms with Gasteiger partial charge in [-0.1, -0.05) is 0 Å². The molecule has 206 valence electrons. The third-order valence-electron chi connectivity index (χ3n) is 6.61. The number of aromatic nitrogens is 6. The Morgan fingerprint density at radius 2 is 1.95 bits per heavy atom. The van der Waals surface area contributed by atoms with Gasteiger partial charge in [0.25, 0.3) is 5.92 Å². The zero-order valence-corrected chi connectivity index (χ0v) is 21.5. The Kier molecular flexibility index (Phi) is 5.63. The molecule has 0 amide bonds. The highest BCUT2D eigenvalue weighted by molar-refractivity contribution is 5.97. The standard InChI is InChI=1S/C27H26F2N8O3/c1-16-10-17(4-6-19(16)39-23-11-22-31-14-34-37(22)15-33-23)35-26-24-18(30-13-32-26)5-7-20(38-3)25(24)40-21-8-9-36(2)12-27(21,28)29/h4-7,10-11,13-15,21H,8-9,12H2,1-3H3,(H,30,32,35)/i3D3. The van der Waals surface area contributed by atoms with Crippen LogP contribution in [0.2, 0.25) is 0 Å². The van der Waals surface area contributed by atoms with E-state index in [1.165, 1.54) is 40.5 Å². The van der Waals surface area contributed by atoms with Crippen molar-refractivity contribution in [2.75, 3.05) is 32.5 Å². The zero-order valence-electron chi connectivity index (χ0n) is 24.5. The van der Waals surface area contributed by atoms with E-state index >= 15 is 8.78 Å². The monoisotopic (exact) mass is 551 g/mol. The van der Waals surface area contributed by atoms with E-state index in [9.17, 15) is 0 Å². The lowest BCUT2D eigenvalue weighted by Crippen LogP contribution is -2.52. The average molecular weight is 552 g/mol. The van der Waals surface area contributed by atoms with Crippen molar-refractivity contribution in [1.82, 2.24) is 34.4 Å². The van der Waals surface area contributed by atoms with Crippen molar-refractivity contribution in [3.05, 3.63) is 60.9 Å². The molecule has 1 saturated heterocycles. The number of likely N-dealkylation sites (tertiary alicyclic amines) is 1. The molecule has 0 spiro atoms. The highest BCUT2D eigenvalue weighted by Gasteiger charge is 2.46. The molecule has 40 heavy (non-hydrogen) atoms. The number of hydrogen-bond acceptors (Lipinski definition) is 10. The molecule has 1 atom stereocenters. The van der Waals surface area contributed by atoms with E-state index < -0.39 is 25.6 Å². The second-order valence-corrected chi connectivity index (χ2v) is 9.50. The molecule has 4 heterocycles. The maximum absolute atomic E-state index is 15.0. The molecule has 0 bridgehead atoms. The highest BCUT2D eigenvalue weighted by Crippen LogP contribution is 2.42. The molecule has 1 aliphatic heterocycles. The summed E-state index contributed by atoms with van der Waals surface area (Å²) < 4.78 is 71.5. The van der Waals surface area contributed by atoms with Crippen LogP contribution >= 0.6 is 0 Å². The largest absolute Gasteiger partial charge is 0.493 e. The molecule has 13 heteroatoms. The van der Waals surface area contributed by atoms with Crippen LogP contribution in [0.5, 0.6) is 23.1 Å². The first-order chi connectivity index (χ1) is 20.4. The molecule has 0 saturated carbocycles. The van der Waals surface area contributed by atoms with Gasteiger partial charge in [0.2, 0.25) is 5.88 Å². The Labute approximate surface area is 232 Å². The molecule has 1 N–H and O–H groups in total. The summed E-state index contributed by atoms with van der Waals surface area (Å²) in [5.74, 6) is -2.53. The number of rotatable bonds is 7. The Morgan fingerprint density at radius 3 is 2.77 bits per heavy atom. The first kappa shape index (κ1) is 22.2. The van der Waals surface area contributed by atoms with Crippen LogP contribution in [-0.2, 0) is 0 Å². The number of hydrogen-bond donors (Lipinski definition) is 1. The number of aryl methyl sites for hydroxylation is 1. The first-order valence-corrected chi connectivity index (χ1v) is 12.4. The number of fused-ring (bicyclic) bond motifs is 2. The molecule has 2 aromatic carbocycles. The van der Waals surface area contributed by atoms with Crippen LogP contribution in [0.4, 0.5) is 20.3 Å². The molecule has 5 aromatic rings. The van der Waals surface area contributed by atoms with Gasteiger partial charge in [-0.2, -0.15) is 5.10 Å². The lowest BCUT2D eigenvalue weighted by atomic mass is 10.0. The van der Waals surface area contributed by atoms with Gasteiger partial charge in [-0.25, -0.2) is 33.2 Å². The van der Waals surface area contributed by atoms with Crippen molar-refractivity contribution in [2.24, 2.45) is 0 Å². The number of piperidine rings is 1. The molecule has 6 rings (SSSR count). The SMILES string of the molecule is [2H]C([2H])([2H])Oc1ccc2ncnc(Nc3ccc(Oc4cc5ncnn5cn4)c(C)c3)c2c1OC1CCN(C)CC1(F)F. The summed E-state index contributed by atoms with van der Waals surface area (Å²) in [5, 5.41) is 7.39. The third-order valence-corrected chi connectivity index (χ3v) is 6.61. The van der Waals surface area contributed by atoms with Crippen LogP contribution in [0, 0.1) is 6.92 Å². The van der Waals surface area contributed by atoms with Crippen molar-refractivity contribution < 1.29 is 27.1 Å². The summed E-state index contributed by atoms with van der Waals surface area (Å²) in [4.78, 5) is 18.5. The van der Waals surface area contributed by atoms with Crippen molar-refractivity contribution in [3.8, 4) is 23.1 Å². The number of nitrogens with zero attached hydrogens (tertiary/aromatic N) is 7. The summed E-state index contributed by atoms with van der Waals surface area (Å²) in [6.07, 6.45) is 2.71.